The van der Waals surface area contributed by atoms with Gasteiger partial charge in [0.25, 0.3) is 0 Å². The molecule has 2 N–H and O–H groups in total. The van der Waals surface area contributed by atoms with Gasteiger partial charge in [-0.15, -0.1) is 0 Å². The van der Waals surface area contributed by atoms with Gasteiger partial charge in [-0.05, 0) is 42.7 Å². The summed E-state index contributed by atoms with van der Waals surface area (Å²) in [6, 6.07) is 5.40. The fourth-order valence-electron chi connectivity index (χ4n) is 2.17. The van der Waals surface area contributed by atoms with Gasteiger partial charge in [0, 0.05) is 6.54 Å². The van der Waals surface area contributed by atoms with Crippen molar-refractivity contribution in [2.75, 3.05) is 7.11 Å². The van der Waals surface area contributed by atoms with E-state index in [1.165, 1.54) is 25.7 Å². The molecule has 0 bridgehead atoms. The molecule has 0 saturated carbocycles. The first kappa shape index (κ1) is 17.4. The van der Waals surface area contributed by atoms with Crippen LogP contribution in [-0.2, 0) is 6.54 Å². The van der Waals surface area contributed by atoms with Gasteiger partial charge in [-0.3, -0.25) is 0 Å². The average Bonchev–Trinajstić information content (AvgIpc) is 2.46. The molecule has 0 atom stereocenters. The molecule has 0 radical (unpaired) electrons. The number of phenolic OH excluding ortho intramolecular Hbond substituents is 1. The Morgan fingerprint density at radius 2 is 2.05 bits per heavy atom. The van der Waals surface area contributed by atoms with Gasteiger partial charge in [-0.2, -0.15) is 0 Å². The molecule has 1 aromatic rings. The van der Waals surface area contributed by atoms with E-state index in [4.69, 9.17) is 4.74 Å². The second kappa shape index (κ2) is 10.1. The molecular formula is C18H29NO2. The zero-order valence-corrected chi connectivity index (χ0v) is 13.6. The monoisotopic (exact) mass is 291 g/mol. The molecule has 1 rings (SSSR count). The normalized spacial score (nSPS) is 11.2. The minimum atomic E-state index is 0.179. The minimum Gasteiger partial charge on any atom is -0.504 e. The fourth-order valence-corrected chi connectivity index (χ4v) is 2.17. The first-order valence-corrected chi connectivity index (χ1v) is 7.87. The zero-order valence-electron chi connectivity index (χ0n) is 13.6. The van der Waals surface area contributed by atoms with E-state index >= 15 is 0 Å². The topological polar surface area (TPSA) is 41.5 Å². The third-order valence-electron chi connectivity index (χ3n) is 3.44. The number of ether oxygens (including phenoxy) is 1. The molecule has 3 heteroatoms. The van der Waals surface area contributed by atoms with Gasteiger partial charge in [0.2, 0.25) is 0 Å². The van der Waals surface area contributed by atoms with E-state index in [1.807, 2.05) is 18.3 Å². The maximum atomic E-state index is 9.52. The Hall–Kier alpha value is -1.64. The number of hydrogen-bond acceptors (Lipinski definition) is 3. The highest BCUT2D eigenvalue weighted by molar-refractivity contribution is 5.41. The predicted molar refractivity (Wildman–Crippen MR) is 88.6 cm³/mol. The van der Waals surface area contributed by atoms with Crippen molar-refractivity contribution < 1.29 is 9.84 Å². The van der Waals surface area contributed by atoms with Gasteiger partial charge in [0.15, 0.2) is 11.5 Å². The van der Waals surface area contributed by atoms with Crippen molar-refractivity contribution in [3.8, 4) is 11.5 Å². The Balaban J connectivity index is 2.14. The second-order valence-electron chi connectivity index (χ2n) is 5.82. The third-order valence-corrected chi connectivity index (χ3v) is 3.44. The van der Waals surface area contributed by atoms with Crippen LogP contribution in [0.25, 0.3) is 0 Å². The quantitative estimate of drug-likeness (QED) is 0.618. The Labute approximate surface area is 129 Å². The van der Waals surface area contributed by atoms with Gasteiger partial charge < -0.3 is 15.2 Å². The van der Waals surface area contributed by atoms with Crippen LogP contribution in [0.1, 0.15) is 51.5 Å². The summed E-state index contributed by atoms with van der Waals surface area (Å²) in [5.41, 5.74) is 1.09. The van der Waals surface area contributed by atoms with Gasteiger partial charge >= 0.3 is 0 Å². The molecule has 0 aliphatic rings. The van der Waals surface area contributed by atoms with Crippen LogP contribution in [0.2, 0.25) is 0 Å². The molecule has 0 heterocycles. The van der Waals surface area contributed by atoms with Crippen molar-refractivity contribution in [1.29, 1.82) is 0 Å². The number of phenols is 1. The van der Waals surface area contributed by atoms with Crippen molar-refractivity contribution in [3.05, 3.63) is 36.0 Å². The molecule has 21 heavy (non-hydrogen) atoms. The summed E-state index contributed by atoms with van der Waals surface area (Å²) in [6.45, 7) is 5.30. The SMILES string of the molecule is COc1cc(CNC=CCCCCCC(C)C)ccc1O. The van der Waals surface area contributed by atoms with Crippen LogP contribution in [0.4, 0.5) is 0 Å². The highest BCUT2D eigenvalue weighted by Crippen LogP contribution is 2.26. The van der Waals surface area contributed by atoms with E-state index in [2.05, 4.69) is 25.2 Å². The Morgan fingerprint density at radius 1 is 1.24 bits per heavy atom. The molecule has 0 saturated heterocycles. The molecule has 0 spiro atoms. The van der Waals surface area contributed by atoms with E-state index in [-0.39, 0.29) is 5.75 Å². The van der Waals surface area contributed by atoms with Crippen molar-refractivity contribution in [1.82, 2.24) is 5.32 Å². The summed E-state index contributed by atoms with van der Waals surface area (Å²) in [7, 11) is 1.56. The summed E-state index contributed by atoms with van der Waals surface area (Å²) in [5, 5.41) is 12.8. The zero-order chi connectivity index (χ0) is 15.5. The van der Waals surface area contributed by atoms with E-state index in [9.17, 15) is 5.11 Å². The molecular weight excluding hydrogens is 262 g/mol. The lowest BCUT2D eigenvalue weighted by atomic mass is 10.0. The fraction of sp³-hybridized carbons (Fsp3) is 0.556. The molecule has 0 aliphatic heterocycles. The standard InChI is InChI=1S/C18H29NO2/c1-15(2)9-7-5-4-6-8-12-19-14-16-10-11-17(20)18(13-16)21-3/h8,10-13,15,19-20H,4-7,9,14H2,1-3H3. The van der Waals surface area contributed by atoms with Gasteiger partial charge in [0.05, 0.1) is 7.11 Å². The van der Waals surface area contributed by atoms with Crippen LogP contribution in [0, 0.1) is 5.92 Å². The van der Waals surface area contributed by atoms with Crippen molar-refractivity contribution in [2.45, 2.75) is 52.5 Å². The van der Waals surface area contributed by atoms with Crippen LogP contribution in [0.5, 0.6) is 11.5 Å². The molecule has 118 valence electrons. The maximum absolute atomic E-state index is 9.52. The number of benzene rings is 1. The first-order chi connectivity index (χ1) is 10.1. The number of hydrogen-bond donors (Lipinski definition) is 2. The first-order valence-electron chi connectivity index (χ1n) is 7.87. The van der Waals surface area contributed by atoms with Gasteiger partial charge in [-0.25, -0.2) is 0 Å². The second-order valence-corrected chi connectivity index (χ2v) is 5.82. The smallest absolute Gasteiger partial charge is 0.160 e. The highest BCUT2D eigenvalue weighted by Gasteiger charge is 2.01. The number of allylic oxidation sites excluding steroid dienone is 1. The average molecular weight is 291 g/mol. The Bertz CT molecular complexity index is 427. The van der Waals surface area contributed by atoms with E-state index in [0.29, 0.717) is 5.75 Å². The highest BCUT2D eigenvalue weighted by atomic mass is 16.5. The third kappa shape index (κ3) is 7.64. The lowest BCUT2D eigenvalue weighted by Gasteiger charge is -2.06. The van der Waals surface area contributed by atoms with Crippen LogP contribution in [-0.4, -0.2) is 12.2 Å². The lowest BCUT2D eigenvalue weighted by Crippen LogP contribution is -2.04. The van der Waals surface area contributed by atoms with Gasteiger partial charge in [0.1, 0.15) is 0 Å². The van der Waals surface area contributed by atoms with E-state index < -0.39 is 0 Å². The number of rotatable bonds is 10. The Morgan fingerprint density at radius 3 is 2.76 bits per heavy atom. The van der Waals surface area contributed by atoms with Crippen LogP contribution in [0.3, 0.4) is 0 Å². The van der Waals surface area contributed by atoms with Crippen molar-refractivity contribution in [2.24, 2.45) is 5.92 Å². The summed E-state index contributed by atoms with van der Waals surface area (Å²) in [6.07, 6.45) is 10.6. The predicted octanol–water partition coefficient (Wildman–Crippen LogP) is 4.61. The van der Waals surface area contributed by atoms with Gasteiger partial charge in [-0.1, -0.05) is 45.3 Å². The van der Waals surface area contributed by atoms with Crippen LogP contribution < -0.4 is 10.1 Å². The molecule has 0 aromatic heterocycles. The molecule has 3 nitrogen and oxygen atoms in total. The number of methoxy groups -OCH3 is 1. The molecule has 0 fully saturated rings. The minimum absolute atomic E-state index is 0.179. The number of aromatic hydroxyl groups is 1. The Kier molecular flexibility index (Phi) is 8.41. The summed E-state index contributed by atoms with van der Waals surface area (Å²) < 4.78 is 5.09. The van der Waals surface area contributed by atoms with Crippen LogP contribution >= 0.6 is 0 Å². The van der Waals surface area contributed by atoms with E-state index in [0.717, 1.165) is 24.4 Å². The van der Waals surface area contributed by atoms with Crippen molar-refractivity contribution >= 4 is 0 Å². The summed E-state index contributed by atoms with van der Waals surface area (Å²) in [4.78, 5) is 0. The lowest BCUT2D eigenvalue weighted by molar-refractivity contribution is 0.373. The largest absolute Gasteiger partial charge is 0.504 e. The van der Waals surface area contributed by atoms with Crippen LogP contribution in [0.15, 0.2) is 30.5 Å². The molecule has 0 unspecified atom stereocenters. The number of nitrogens with one attached hydrogen (secondary N) is 1. The summed E-state index contributed by atoms with van der Waals surface area (Å²) >= 11 is 0. The molecule has 0 amide bonds. The molecule has 0 aliphatic carbocycles. The van der Waals surface area contributed by atoms with Crippen molar-refractivity contribution in [3.63, 3.8) is 0 Å². The van der Waals surface area contributed by atoms with E-state index in [1.54, 1.807) is 13.2 Å². The summed E-state index contributed by atoms with van der Waals surface area (Å²) in [5.74, 6) is 1.52. The molecule has 1 aromatic carbocycles. The maximum Gasteiger partial charge on any atom is 0.160 e. The number of unbranched alkanes of at least 4 members (excludes halogenated alkanes) is 3.